The van der Waals surface area contributed by atoms with Gasteiger partial charge in [-0.1, -0.05) is 31.9 Å². The van der Waals surface area contributed by atoms with Gasteiger partial charge in [0.1, 0.15) is 0 Å². The molecule has 0 N–H and O–H groups in total. The Morgan fingerprint density at radius 2 is 1.27 bits per heavy atom. The number of urea groups is 1. The summed E-state index contributed by atoms with van der Waals surface area (Å²) in [5.74, 6) is -1.35. The molecule has 1 heterocycles. The number of alkyl halides is 3. The maximum absolute atomic E-state index is 13.9. The summed E-state index contributed by atoms with van der Waals surface area (Å²) in [6, 6.07) is 10.6. The molecule has 9 heteroatoms. The smallest absolute Gasteiger partial charge is 0.271 e. The molecule has 1 aliphatic heterocycles. The van der Waals surface area contributed by atoms with Gasteiger partial charge in [-0.3, -0.25) is 9.69 Å². The standard InChI is InChI=1S/C17H11Br2F3N2O2/c1-16(17(20,21)22)14(25)23(12-6-2-10(18)3-7-12)15(26)24(16)13-8-4-11(19)5-9-13/h2-9H,1H3. The van der Waals surface area contributed by atoms with Crippen molar-refractivity contribution < 1.29 is 22.8 Å². The number of anilines is 2. The van der Waals surface area contributed by atoms with Gasteiger partial charge in [-0.15, -0.1) is 0 Å². The van der Waals surface area contributed by atoms with E-state index in [-0.39, 0.29) is 11.4 Å². The number of halogens is 5. The molecule has 1 fully saturated rings. The number of amides is 3. The summed E-state index contributed by atoms with van der Waals surface area (Å²) in [5.41, 5.74) is -2.96. The van der Waals surface area contributed by atoms with E-state index in [1.54, 1.807) is 12.1 Å². The summed E-state index contributed by atoms with van der Waals surface area (Å²) in [4.78, 5) is 26.6. The molecule has 0 spiro atoms. The molecular formula is C17H11Br2F3N2O2. The normalized spacial score (nSPS) is 20.8. The maximum atomic E-state index is 13.9. The molecule has 0 radical (unpaired) electrons. The van der Waals surface area contributed by atoms with E-state index < -0.39 is 23.7 Å². The predicted octanol–water partition coefficient (Wildman–Crippen LogP) is 5.51. The third-order valence-electron chi connectivity index (χ3n) is 4.17. The summed E-state index contributed by atoms with van der Waals surface area (Å²) in [6.45, 7) is 0.716. The van der Waals surface area contributed by atoms with Crippen LogP contribution < -0.4 is 9.80 Å². The monoisotopic (exact) mass is 490 g/mol. The number of hydrogen-bond donors (Lipinski definition) is 0. The highest BCUT2D eigenvalue weighted by atomic mass is 79.9. The van der Waals surface area contributed by atoms with Crippen molar-refractivity contribution in [2.24, 2.45) is 0 Å². The Hall–Kier alpha value is -1.87. The van der Waals surface area contributed by atoms with E-state index in [9.17, 15) is 22.8 Å². The highest BCUT2D eigenvalue weighted by Gasteiger charge is 2.69. The van der Waals surface area contributed by atoms with Crippen LogP contribution in [-0.2, 0) is 4.79 Å². The highest BCUT2D eigenvalue weighted by molar-refractivity contribution is 9.10. The Morgan fingerprint density at radius 1 is 0.846 bits per heavy atom. The fraction of sp³-hybridized carbons (Fsp3) is 0.176. The van der Waals surface area contributed by atoms with Crippen LogP contribution in [0.2, 0.25) is 0 Å². The lowest BCUT2D eigenvalue weighted by Crippen LogP contribution is -2.58. The highest BCUT2D eigenvalue weighted by Crippen LogP contribution is 2.45. The van der Waals surface area contributed by atoms with Gasteiger partial charge in [0.25, 0.3) is 5.91 Å². The van der Waals surface area contributed by atoms with Gasteiger partial charge in [0.15, 0.2) is 0 Å². The summed E-state index contributed by atoms with van der Waals surface area (Å²) < 4.78 is 42.9. The maximum Gasteiger partial charge on any atom is 0.421 e. The second-order valence-corrected chi connectivity index (χ2v) is 7.61. The molecule has 1 saturated heterocycles. The molecule has 4 nitrogen and oxygen atoms in total. The van der Waals surface area contributed by atoms with Crippen LogP contribution >= 0.6 is 31.9 Å². The van der Waals surface area contributed by atoms with Crippen molar-refractivity contribution in [2.75, 3.05) is 9.80 Å². The van der Waals surface area contributed by atoms with E-state index in [1.807, 2.05) is 0 Å². The lowest BCUT2D eigenvalue weighted by Gasteiger charge is -2.33. The molecule has 2 aromatic rings. The first-order valence-electron chi connectivity index (χ1n) is 7.34. The summed E-state index contributed by atoms with van der Waals surface area (Å²) >= 11 is 6.41. The van der Waals surface area contributed by atoms with Gasteiger partial charge in [-0.05, 0) is 55.5 Å². The zero-order valence-corrected chi connectivity index (χ0v) is 16.4. The minimum absolute atomic E-state index is 0.0222. The molecule has 1 atom stereocenters. The molecule has 2 aromatic carbocycles. The fourth-order valence-electron chi connectivity index (χ4n) is 2.72. The number of nitrogens with zero attached hydrogens (tertiary/aromatic N) is 2. The van der Waals surface area contributed by atoms with Crippen LogP contribution in [0.5, 0.6) is 0 Å². The van der Waals surface area contributed by atoms with E-state index in [0.717, 1.165) is 0 Å². The van der Waals surface area contributed by atoms with Gasteiger partial charge >= 0.3 is 12.2 Å². The largest absolute Gasteiger partial charge is 0.421 e. The van der Waals surface area contributed by atoms with Gasteiger partial charge in [0, 0.05) is 14.6 Å². The van der Waals surface area contributed by atoms with Crippen LogP contribution in [0.1, 0.15) is 6.92 Å². The SMILES string of the molecule is CC1(C(F)(F)F)C(=O)N(c2ccc(Br)cc2)C(=O)N1c1ccc(Br)cc1. The third kappa shape index (κ3) is 2.83. The number of imide groups is 1. The Labute approximate surface area is 163 Å². The Bertz CT molecular complexity index is 869. The zero-order valence-electron chi connectivity index (χ0n) is 13.2. The average molecular weight is 492 g/mol. The molecule has 1 aliphatic rings. The van der Waals surface area contributed by atoms with Gasteiger partial charge in [0.2, 0.25) is 5.54 Å². The molecule has 0 aliphatic carbocycles. The van der Waals surface area contributed by atoms with Crippen molar-refractivity contribution in [1.29, 1.82) is 0 Å². The van der Waals surface area contributed by atoms with Crippen LogP contribution in [0.3, 0.4) is 0 Å². The van der Waals surface area contributed by atoms with Crippen LogP contribution in [0.25, 0.3) is 0 Å². The second kappa shape index (κ2) is 6.38. The van der Waals surface area contributed by atoms with Gasteiger partial charge in [-0.25, -0.2) is 9.69 Å². The van der Waals surface area contributed by atoms with Gasteiger partial charge in [0.05, 0.1) is 5.69 Å². The Morgan fingerprint density at radius 3 is 1.69 bits per heavy atom. The van der Waals surface area contributed by atoms with Crippen LogP contribution in [0, 0.1) is 0 Å². The minimum atomic E-state index is -4.96. The lowest BCUT2D eigenvalue weighted by molar-refractivity contribution is -0.182. The van der Waals surface area contributed by atoms with Crippen LogP contribution in [0.15, 0.2) is 57.5 Å². The van der Waals surface area contributed by atoms with Crippen molar-refractivity contribution in [2.45, 2.75) is 18.6 Å². The molecule has 1 unspecified atom stereocenters. The van der Waals surface area contributed by atoms with Crippen molar-refractivity contribution in [3.63, 3.8) is 0 Å². The number of rotatable bonds is 2. The Kier molecular flexibility index (Phi) is 4.64. The molecule has 26 heavy (non-hydrogen) atoms. The number of carbonyl (C=O) groups is 2. The van der Waals surface area contributed by atoms with E-state index in [0.29, 0.717) is 25.7 Å². The van der Waals surface area contributed by atoms with E-state index in [4.69, 9.17) is 0 Å². The van der Waals surface area contributed by atoms with Crippen molar-refractivity contribution in [3.05, 3.63) is 57.5 Å². The second-order valence-electron chi connectivity index (χ2n) is 5.78. The first kappa shape index (κ1) is 18.9. The van der Waals surface area contributed by atoms with E-state index in [2.05, 4.69) is 31.9 Å². The van der Waals surface area contributed by atoms with E-state index in [1.165, 1.54) is 36.4 Å². The van der Waals surface area contributed by atoms with E-state index >= 15 is 0 Å². The fourth-order valence-corrected chi connectivity index (χ4v) is 3.24. The molecule has 0 saturated carbocycles. The predicted molar refractivity (Wildman–Crippen MR) is 98.1 cm³/mol. The molecular weight excluding hydrogens is 481 g/mol. The topological polar surface area (TPSA) is 40.6 Å². The summed E-state index contributed by atoms with van der Waals surface area (Å²) in [6.07, 6.45) is -4.96. The molecule has 0 aromatic heterocycles. The first-order valence-corrected chi connectivity index (χ1v) is 8.92. The third-order valence-corrected chi connectivity index (χ3v) is 5.23. The molecule has 0 bridgehead atoms. The number of carbonyl (C=O) groups excluding carboxylic acids is 2. The van der Waals surface area contributed by atoms with Gasteiger partial charge in [-0.2, -0.15) is 13.2 Å². The Balaban J connectivity index is 2.17. The molecule has 3 rings (SSSR count). The molecule has 3 amide bonds. The lowest BCUT2D eigenvalue weighted by atomic mass is 9.99. The zero-order chi connectivity index (χ0) is 19.3. The summed E-state index contributed by atoms with van der Waals surface area (Å²) in [5, 5.41) is 0. The van der Waals surface area contributed by atoms with Gasteiger partial charge < -0.3 is 0 Å². The van der Waals surface area contributed by atoms with Crippen LogP contribution in [-0.4, -0.2) is 23.7 Å². The summed E-state index contributed by atoms with van der Waals surface area (Å²) in [7, 11) is 0. The van der Waals surface area contributed by atoms with Crippen molar-refractivity contribution in [3.8, 4) is 0 Å². The number of benzene rings is 2. The quantitative estimate of drug-likeness (QED) is 0.520. The number of hydrogen-bond acceptors (Lipinski definition) is 2. The average Bonchev–Trinajstić information content (AvgIpc) is 2.77. The van der Waals surface area contributed by atoms with Crippen molar-refractivity contribution >= 4 is 55.2 Å². The molecule has 136 valence electrons. The minimum Gasteiger partial charge on any atom is -0.271 e. The van der Waals surface area contributed by atoms with Crippen LogP contribution in [0.4, 0.5) is 29.3 Å². The first-order chi connectivity index (χ1) is 12.1. The van der Waals surface area contributed by atoms with Crippen molar-refractivity contribution in [1.82, 2.24) is 0 Å².